The Balaban J connectivity index is 1.34. The van der Waals surface area contributed by atoms with E-state index in [1.165, 1.54) is 0 Å². The Morgan fingerprint density at radius 2 is 1.83 bits per heavy atom. The summed E-state index contributed by atoms with van der Waals surface area (Å²) in [6, 6.07) is 15.4. The molecule has 0 fully saturated rings. The minimum atomic E-state index is -0.134. The van der Waals surface area contributed by atoms with Crippen LogP contribution >= 0.6 is 11.6 Å². The maximum atomic E-state index is 13.0. The molecule has 36 heavy (non-hydrogen) atoms. The normalized spacial score (nSPS) is 15.2. The predicted molar refractivity (Wildman–Crippen MR) is 140 cm³/mol. The predicted octanol–water partition coefficient (Wildman–Crippen LogP) is 6.56. The third-order valence-electron chi connectivity index (χ3n) is 6.49. The van der Waals surface area contributed by atoms with Crippen molar-refractivity contribution in [1.29, 1.82) is 0 Å². The van der Waals surface area contributed by atoms with Crippen molar-refractivity contribution in [2.45, 2.75) is 34.0 Å². The summed E-state index contributed by atoms with van der Waals surface area (Å²) < 4.78 is 23.2. The number of allylic oxidation sites excluding steroid dienone is 1. The van der Waals surface area contributed by atoms with Gasteiger partial charge in [-0.3, -0.25) is 4.79 Å². The number of nitrogens with zero attached hydrogens (tertiary/aromatic N) is 1. The van der Waals surface area contributed by atoms with E-state index in [2.05, 4.69) is 30.9 Å². The Morgan fingerprint density at radius 1 is 1.06 bits per heavy atom. The Labute approximate surface area is 216 Å². The number of benzene rings is 3. The Kier molecular flexibility index (Phi) is 6.90. The van der Waals surface area contributed by atoms with Crippen molar-refractivity contribution >= 4 is 29.1 Å². The lowest BCUT2D eigenvalue weighted by Crippen LogP contribution is -2.21. The zero-order chi connectivity index (χ0) is 25.2. The van der Waals surface area contributed by atoms with Crippen molar-refractivity contribution in [3.8, 4) is 17.2 Å². The maximum absolute atomic E-state index is 13.0. The quantitative estimate of drug-likeness (QED) is 0.339. The molecule has 0 unspecified atom stereocenters. The standard InChI is InChI=1S/C29H28ClNO5/c1-4-31(5-2)23-8-6-19(7-9-23)12-26-27(32)24-10-11-25(18(3)28(24)36-26)34-16-21-14-22(30)13-20-15-33-17-35-29(20)21/h6-14H,4-5,15-17H2,1-3H3/b26-12-. The largest absolute Gasteiger partial charge is 0.488 e. The van der Waals surface area contributed by atoms with Crippen molar-refractivity contribution in [3.05, 3.63) is 87.1 Å². The summed E-state index contributed by atoms with van der Waals surface area (Å²) >= 11 is 6.28. The fourth-order valence-electron chi connectivity index (χ4n) is 4.57. The van der Waals surface area contributed by atoms with Crippen molar-refractivity contribution in [2.24, 2.45) is 0 Å². The molecule has 0 radical (unpaired) electrons. The van der Waals surface area contributed by atoms with Crippen LogP contribution in [0.3, 0.4) is 0 Å². The number of carbonyl (C=O) groups excluding carboxylic acids is 1. The van der Waals surface area contributed by atoms with Crippen LogP contribution in [0.25, 0.3) is 6.08 Å². The first kappa shape index (κ1) is 24.2. The van der Waals surface area contributed by atoms with E-state index >= 15 is 0 Å². The molecule has 3 aromatic carbocycles. The van der Waals surface area contributed by atoms with Crippen molar-refractivity contribution in [2.75, 3.05) is 24.8 Å². The summed E-state index contributed by atoms with van der Waals surface area (Å²) in [6.45, 7) is 8.95. The fraction of sp³-hybridized carbons (Fsp3) is 0.276. The van der Waals surface area contributed by atoms with Crippen LogP contribution in [0.1, 0.15) is 46.5 Å². The van der Waals surface area contributed by atoms with E-state index in [1.807, 2.05) is 31.2 Å². The van der Waals surface area contributed by atoms with E-state index in [0.717, 1.165) is 46.8 Å². The molecular weight excluding hydrogens is 478 g/mol. The molecule has 7 heteroatoms. The second-order valence-corrected chi connectivity index (χ2v) is 9.16. The number of carbonyl (C=O) groups is 1. The summed E-state index contributed by atoms with van der Waals surface area (Å²) in [6.07, 6.45) is 1.78. The average Bonchev–Trinajstić information content (AvgIpc) is 3.21. The lowest BCUT2D eigenvalue weighted by atomic mass is 10.1. The van der Waals surface area contributed by atoms with Crippen LogP contribution in [0, 0.1) is 6.92 Å². The van der Waals surface area contributed by atoms with Gasteiger partial charge in [0.05, 0.1) is 12.2 Å². The molecule has 0 atom stereocenters. The summed E-state index contributed by atoms with van der Waals surface area (Å²) in [4.78, 5) is 15.3. The molecule has 0 N–H and O–H groups in total. The van der Waals surface area contributed by atoms with Crippen LogP contribution < -0.4 is 19.1 Å². The van der Waals surface area contributed by atoms with E-state index < -0.39 is 0 Å². The maximum Gasteiger partial charge on any atom is 0.231 e. The van der Waals surface area contributed by atoms with Gasteiger partial charge in [0, 0.05) is 40.5 Å². The second-order valence-electron chi connectivity index (χ2n) is 8.72. The number of anilines is 1. The molecule has 2 aliphatic heterocycles. The zero-order valence-electron chi connectivity index (χ0n) is 20.6. The summed E-state index contributed by atoms with van der Waals surface area (Å²) in [5.41, 5.74) is 5.09. The highest BCUT2D eigenvalue weighted by atomic mass is 35.5. The minimum Gasteiger partial charge on any atom is -0.488 e. The first-order valence-electron chi connectivity index (χ1n) is 12.1. The van der Waals surface area contributed by atoms with E-state index in [4.69, 9.17) is 30.5 Å². The topological polar surface area (TPSA) is 57.2 Å². The fourth-order valence-corrected chi connectivity index (χ4v) is 4.83. The Bertz CT molecular complexity index is 1330. The Morgan fingerprint density at radius 3 is 2.58 bits per heavy atom. The van der Waals surface area contributed by atoms with Gasteiger partial charge in [-0.05, 0) is 68.8 Å². The first-order valence-corrected chi connectivity index (χ1v) is 12.4. The molecule has 5 rings (SSSR count). The molecule has 2 aliphatic rings. The van der Waals surface area contributed by atoms with E-state index in [9.17, 15) is 4.79 Å². The number of halogens is 1. The highest BCUT2D eigenvalue weighted by molar-refractivity contribution is 6.30. The third kappa shape index (κ3) is 4.66. The van der Waals surface area contributed by atoms with Crippen LogP contribution in [-0.4, -0.2) is 25.7 Å². The molecule has 0 saturated heterocycles. The first-order chi connectivity index (χ1) is 17.5. The van der Waals surface area contributed by atoms with Gasteiger partial charge in [0.25, 0.3) is 0 Å². The van der Waals surface area contributed by atoms with Crippen molar-refractivity contribution in [3.63, 3.8) is 0 Å². The van der Waals surface area contributed by atoms with Crippen molar-refractivity contribution in [1.82, 2.24) is 0 Å². The van der Waals surface area contributed by atoms with Gasteiger partial charge in [0.1, 0.15) is 23.9 Å². The molecule has 3 aromatic rings. The monoisotopic (exact) mass is 505 g/mol. The van der Waals surface area contributed by atoms with E-state index in [-0.39, 0.29) is 19.2 Å². The molecule has 0 aromatic heterocycles. The van der Waals surface area contributed by atoms with Gasteiger partial charge >= 0.3 is 0 Å². The van der Waals surface area contributed by atoms with E-state index in [1.54, 1.807) is 18.2 Å². The number of hydrogen-bond donors (Lipinski definition) is 0. The zero-order valence-corrected chi connectivity index (χ0v) is 21.4. The average molecular weight is 506 g/mol. The lowest BCUT2D eigenvalue weighted by molar-refractivity contribution is -0.0175. The molecule has 0 bridgehead atoms. The summed E-state index contributed by atoms with van der Waals surface area (Å²) in [7, 11) is 0. The third-order valence-corrected chi connectivity index (χ3v) is 6.71. The molecule has 6 nitrogen and oxygen atoms in total. The number of ether oxygens (including phenoxy) is 4. The second kappa shape index (κ2) is 10.2. The molecular formula is C29H28ClNO5. The van der Waals surface area contributed by atoms with Crippen molar-refractivity contribution < 1.29 is 23.7 Å². The van der Waals surface area contributed by atoms with Gasteiger partial charge in [-0.25, -0.2) is 0 Å². The van der Waals surface area contributed by atoms with Gasteiger partial charge < -0.3 is 23.8 Å². The molecule has 0 saturated carbocycles. The molecule has 0 spiro atoms. The number of hydrogen-bond acceptors (Lipinski definition) is 6. The van der Waals surface area contributed by atoms with E-state index in [0.29, 0.717) is 34.5 Å². The number of ketones is 1. The number of rotatable bonds is 7. The van der Waals surface area contributed by atoms with Crippen LogP contribution in [0.15, 0.2) is 54.3 Å². The van der Waals surface area contributed by atoms with Crippen LogP contribution in [0.4, 0.5) is 5.69 Å². The van der Waals surface area contributed by atoms with Gasteiger partial charge in [-0.2, -0.15) is 0 Å². The highest BCUT2D eigenvalue weighted by Crippen LogP contribution is 2.40. The van der Waals surface area contributed by atoms with Gasteiger partial charge in [0.15, 0.2) is 12.6 Å². The minimum absolute atomic E-state index is 0.134. The highest BCUT2D eigenvalue weighted by Gasteiger charge is 2.30. The van der Waals surface area contributed by atoms with Gasteiger partial charge in [-0.15, -0.1) is 0 Å². The molecule has 0 amide bonds. The summed E-state index contributed by atoms with van der Waals surface area (Å²) in [5.74, 6) is 2.07. The number of Topliss-reactive ketones (excluding diaryl/α,β-unsaturated/α-hetero) is 1. The molecule has 0 aliphatic carbocycles. The van der Waals surface area contributed by atoms with Crippen LogP contribution in [0.5, 0.6) is 17.2 Å². The molecule has 2 heterocycles. The smallest absolute Gasteiger partial charge is 0.231 e. The molecule has 186 valence electrons. The SMILES string of the molecule is CCN(CC)c1ccc(/C=C2\Oc3c(ccc(OCc4cc(Cl)cc5c4OCOC5)c3C)C2=O)cc1. The summed E-state index contributed by atoms with van der Waals surface area (Å²) in [5, 5.41) is 0.598. The number of fused-ring (bicyclic) bond motifs is 2. The Hall–Kier alpha value is -3.48. The van der Waals surface area contributed by atoms with Crippen LogP contribution in [-0.2, 0) is 18.0 Å². The van der Waals surface area contributed by atoms with Gasteiger partial charge in [-0.1, -0.05) is 23.7 Å². The lowest BCUT2D eigenvalue weighted by Gasteiger charge is -2.21. The van der Waals surface area contributed by atoms with Gasteiger partial charge in [0.2, 0.25) is 5.78 Å². The van der Waals surface area contributed by atoms with Crippen LogP contribution in [0.2, 0.25) is 5.02 Å².